The summed E-state index contributed by atoms with van der Waals surface area (Å²) in [6, 6.07) is 14.4. The van der Waals surface area contributed by atoms with Crippen LogP contribution in [-0.4, -0.2) is 10.1 Å². The molecule has 0 saturated heterocycles. The molecule has 19 heavy (non-hydrogen) atoms. The third-order valence-corrected chi connectivity index (χ3v) is 4.07. The van der Waals surface area contributed by atoms with Crippen molar-refractivity contribution < 1.29 is 4.42 Å². The maximum Gasteiger partial charge on any atom is 0.134 e. The number of rotatable bonds is 6. The zero-order chi connectivity index (χ0) is 13.3. The molecule has 0 saturated carbocycles. The summed E-state index contributed by atoms with van der Waals surface area (Å²) in [6.45, 7) is 0.664. The summed E-state index contributed by atoms with van der Waals surface area (Å²) in [7, 11) is 0. The van der Waals surface area contributed by atoms with E-state index in [-0.39, 0.29) is 0 Å². The molecule has 0 spiro atoms. The highest BCUT2D eigenvalue weighted by molar-refractivity contribution is 8.22. The topological polar surface area (TPSA) is 25.2 Å². The van der Waals surface area contributed by atoms with E-state index < -0.39 is 0 Å². The summed E-state index contributed by atoms with van der Waals surface area (Å²) in [5.74, 6) is 1.95. The van der Waals surface area contributed by atoms with Crippen molar-refractivity contribution in [3.8, 4) is 0 Å². The normalized spacial score (nSPS) is 10.3. The van der Waals surface area contributed by atoms with E-state index in [0.29, 0.717) is 6.54 Å². The minimum absolute atomic E-state index is 0.664. The average Bonchev–Trinajstić information content (AvgIpc) is 2.96. The summed E-state index contributed by atoms with van der Waals surface area (Å²) in [5.41, 5.74) is 1.39. The highest BCUT2D eigenvalue weighted by Crippen LogP contribution is 2.09. The molecule has 1 aromatic carbocycles. The van der Waals surface area contributed by atoms with Gasteiger partial charge >= 0.3 is 0 Å². The fraction of sp³-hybridized carbons (Fsp3) is 0.267. The van der Waals surface area contributed by atoms with E-state index in [4.69, 9.17) is 16.6 Å². The Bertz CT molecular complexity index is 482. The molecule has 4 heteroatoms. The van der Waals surface area contributed by atoms with Gasteiger partial charge in [0.05, 0.1) is 12.8 Å². The van der Waals surface area contributed by atoms with Gasteiger partial charge in [0, 0.05) is 5.75 Å². The summed E-state index contributed by atoms with van der Waals surface area (Å²) < 4.78 is 6.07. The van der Waals surface area contributed by atoms with Crippen molar-refractivity contribution in [3.63, 3.8) is 0 Å². The Kier molecular flexibility index (Phi) is 5.98. The van der Waals surface area contributed by atoms with Gasteiger partial charge in [0.25, 0.3) is 0 Å². The second-order valence-electron chi connectivity index (χ2n) is 4.16. The first kappa shape index (κ1) is 14.2. The minimum atomic E-state index is 0.664. The molecule has 2 nitrogen and oxygen atoms in total. The Morgan fingerprint density at radius 2 is 2.00 bits per heavy atom. The molecule has 0 amide bonds. The molecule has 0 radical (unpaired) electrons. The monoisotopic (exact) mass is 291 g/mol. The Balaban J connectivity index is 1.57. The zero-order valence-corrected chi connectivity index (χ0v) is 12.3. The van der Waals surface area contributed by atoms with Crippen LogP contribution in [0.15, 0.2) is 53.1 Å². The summed E-state index contributed by atoms with van der Waals surface area (Å²) >= 11 is 6.96. The predicted molar refractivity (Wildman–Crippen MR) is 85.4 cm³/mol. The van der Waals surface area contributed by atoms with Crippen molar-refractivity contribution in [1.82, 2.24) is 5.32 Å². The van der Waals surface area contributed by atoms with Crippen LogP contribution in [0.3, 0.4) is 0 Å². The molecule has 0 aliphatic rings. The fourth-order valence-corrected chi connectivity index (χ4v) is 2.68. The fourth-order valence-electron chi connectivity index (χ4n) is 1.71. The molecule has 0 aliphatic heterocycles. The lowest BCUT2D eigenvalue weighted by molar-refractivity contribution is 0.504. The van der Waals surface area contributed by atoms with E-state index in [0.717, 1.165) is 28.7 Å². The van der Waals surface area contributed by atoms with Crippen molar-refractivity contribution in [2.24, 2.45) is 0 Å². The lowest BCUT2D eigenvalue weighted by Gasteiger charge is -2.06. The van der Waals surface area contributed by atoms with E-state index in [9.17, 15) is 0 Å². The molecule has 1 heterocycles. The van der Waals surface area contributed by atoms with Crippen LogP contribution < -0.4 is 5.32 Å². The van der Waals surface area contributed by atoms with E-state index in [1.165, 1.54) is 5.56 Å². The number of hydrogen-bond donors (Lipinski definition) is 1. The summed E-state index contributed by atoms with van der Waals surface area (Å²) in [6.07, 6.45) is 3.92. The number of thioether (sulfide) groups is 1. The van der Waals surface area contributed by atoms with Crippen molar-refractivity contribution in [1.29, 1.82) is 0 Å². The molecule has 0 atom stereocenters. The largest absolute Gasteiger partial charge is 0.467 e. The first-order valence-electron chi connectivity index (χ1n) is 6.31. The van der Waals surface area contributed by atoms with Crippen LogP contribution in [0.2, 0.25) is 0 Å². The third kappa shape index (κ3) is 5.49. The Morgan fingerprint density at radius 3 is 2.74 bits per heavy atom. The smallest absolute Gasteiger partial charge is 0.134 e. The minimum Gasteiger partial charge on any atom is -0.467 e. The van der Waals surface area contributed by atoms with Crippen molar-refractivity contribution in [2.75, 3.05) is 5.75 Å². The van der Waals surface area contributed by atoms with Gasteiger partial charge in [-0.05, 0) is 30.5 Å². The van der Waals surface area contributed by atoms with Gasteiger partial charge in [0.15, 0.2) is 0 Å². The van der Waals surface area contributed by atoms with E-state index >= 15 is 0 Å². The van der Waals surface area contributed by atoms with Crippen molar-refractivity contribution >= 4 is 28.3 Å². The van der Waals surface area contributed by atoms with Crippen LogP contribution >= 0.6 is 24.0 Å². The van der Waals surface area contributed by atoms with Crippen molar-refractivity contribution in [3.05, 3.63) is 60.1 Å². The quantitative estimate of drug-likeness (QED) is 0.642. The van der Waals surface area contributed by atoms with Crippen molar-refractivity contribution in [2.45, 2.75) is 19.4 Å². The average molecular weight is 291 g/mol. The molecule has 2 rings (SSSR count). The van der Waals surface area contributed by atoms with Gasteiger partial charge in [-0.25, -0.2) is 0 Å². The first-order chi connectivity index (χ1) is 9.34. The number of hydrogen-bond acceptors (Lipinski definition) is 3. The molecule has 0 aliphatic carbocycles. The first-order valence-corrected chi connectivity index (χ1v) is 7.71. The number of nitrogens with one attached hydrogen (secondary N) is 1. The lowest BCUT2D eigenvalue weighted by Crippen LogP contribution is -2.17. The third-order valence-electron chi connectivity index (χ3n) is 2.67. The van der Waals surface area contributed by atoms with Crippen LogP contribution in [0, 0.1) is 0 Å². The molecule has 0 fully saturated rings. The Hall–Kier alpha value is -1.26. The Labute approximate surface area is 123 Å². The van der Waals surface area contributed by atoms with Crippen LogP contribution in [0.25, 0.3) is 0 Å². The maximum atomic E-state index is 5.27. The molecule has 1 N–H and O–H groups in total. The van der Waals surface area contributed by atoms with Gasteiger partial charge in [0.1, 0.15) is 10.1 Å². The summed E-state index contributed by atoms with van der Waals surface area (Å²) in [5, 5.41) is 3.18. The molecule has 0 unspecified atom stereocenters. The van der Waals surface area contributed by atoms with E-state index in [2.05, 4.69) is 29.6 Å². The Morgan fingerprint density at radius 1 is 1.16 bits per heavy atom. The predicted octanol–water partition coefficient (Wildman–Crippen LogP) is 4.02. The second-order valence-corrected chi connectivity index (χ2v) is 5.93. The highest BCUT2D eigenvalue weighted by atomic mass is 32.2. The van der Waals surface area contributed by atoms with Gasteiger partial charge in [-0.3, -0.25) is 0 Å². The number of benzene rings is 1. The molecular weight excluding hydrogens is 274 g/mol. The van der Waals surface area contributed by atoms with Gasteiger partial charge in [0.2, 0.25) is 0 Å². The maximum absolute atomic E-state index is 5.27. The van der Waals surface area contributed by atoms with Gasteiger partial charge in [-0.1, -0.05) is 54.3 Å². The van der Waals surface area contributed by atoms with Crippen LogP contribution in [-0.2, 0) is 13.0 Å². The van der Waals surface area contributed by atoms with E-state index in [1.54, 1.807) is 18.0 Å². The standard InChI is InChI=1S/C15H17NOS2/c18-15(16-12-14-9-4-10-17-14)19-11-5-8-13-6-2-1-3-7-13/h1-4,6-7,9-10H,5,8,11-12H2,(H,16,18). The molecule has 0 bridgehead atoms. The lowest BCUT2D eigenvalue weighted by atomic mass is 10.1. The SMILES string of the molecule is S=C(NCc1ccco1)SCCCc1ccccc1. The molecule has 1 aromatic heterocycles. The zero-order valence-electron chi connectivity index (χ0n) is 10.7. The van der Waals surface area contributed by atoms with Gasteiger partial charge < -0.3 is 9.73 Å². The van der Waals surface area contributed by atoms with E-state index in [1.807, 2.05) is 18.2 Å². The molecule has 100 valence electrons. The molecular formula is C15H17NOS2. The van der Waals surface area contributed by atoms with Crippen LogP contribution in [0.1, 0.15) is 17.7 Å². The number of furan rings is 1. The molecule has 2 aromatic rings. The second kappa shape index (κ2) is 8.02. The summed E-state index contributed by atoms with van der Waals surface area (Å²) in [4.78, 5) is 0. The van der Waals surface area contributed by atoms with Gasteiger partial charge in [-0.15, -0.1) is 0 Å². The number of aryl methyl sites for hydroxylation is 1. The van der Waals surface area contributed by atoms with Crippen LogP contribution in [0.4, 0.5) is 0 Å². The van der Waals surface area contributed by atoms with Crippen LogP contribution in [0.5, 0.6) is 0 Å². The highest BCUT2D eigenvalue weighted by Gasteiger charge is 2.00. The number of thiocarbonyl (C=S) groups is 1. The van der Waals surface area contributed by atoms with Gasteiger partial charge in [-0.2, -0.15) is 0 Å².